The minimum absolute atomic E-state index is 0.156. The Hall–Kier alpha value is -3.33. The van der Waals surface area contributed by atoms with Gasteiger partial charge in [-0.15, -0.1) is 22.7 Å². The second-order valence-corrected chi connectivity index (χ2v) is 9.15. The number of hydrogen-bond donors (Lipinski definition) is 1. The molecule has 0 saturated carbocycles. The van der Waals surface area contributed by atoms with Crippen LogP contribution in [-0.4, -0.2) is 20.0 Å². The highest BCUT2D eigenvalue weighted by Crippen LogP contribution is 2.40. The van der Waals surface area contributed by atoms with Crippen LogP contribution in [0.2, 0.25) is 5.02 Å². The lowest BCUT2D eigenvalue weighted by molar-refractivity contribution is -0.385. The van der Waals surface area contributed by atoms with Crippen molar-refractivity contribution in [2.75, 3.05) is 0 Å². The quantitative estimate of drug-likeness (QED) is 0.234. The van der Waals surface area contributed by atoms with Gasteiger partial charge in [0, 0.05) is 22.2 Å². The lowest BCUT2D eigenvalue weighted by Gasteiger charge is -2.05. The first-order valence-electron chi connectivity index (χ1n) is 9.10. The van der Waals surface area contributed by atoms with Crippen molar-refractivity contribution in [1.29, 1.82) is 0 Å². The van der Waals surface area contributed by atoms with Crippen molar-refractivity contribution in [1.82, 2.24) is 9.97 Å². The molecule has 6 nitrogen and oxygen atoms in total. The Balaban J connectivity index is 1.77. The average molecular weight is 466 g/mol. The maximum absolute atomic E-state index is 11.3. The molecule has 0 fully saturated rings. The summed E-state index contributed by atoms with van der Waals surface area (Å²) in [6, 6.07) is 18.1. The molecule has 152 valence electrons. The zero-order valence-electron chi connectivity index (χ0n) is 15.7. The molecule has 0 aliphatic carbocycles. The summed E-state index contributed by atoms with van der Waals surface area (Å²) in [7, 11) is 0. The van der Waals surface area contributed by atoms with E-state index in [-0.39, 0.29) is 10.6 Å². The average Bonchev–Trinajstić information content (AvgIpc) is 3.37. The van der Waals surface area contributed by atoms with Gasteiger partial charge >= 0.3 is 5.69 Å². The Morgan fingerprint density at radius 3 is 2.03 bits per heavy atom. The van der Waals surface area contributed by atoms with Crippen molar-refractivity contribution in [3.05, 3.63) is 91.4 Å². The molecule has 1 N–H and O–H groups in total. The largest absolute Gasteiger partial charge is 0.502 e. The number of nitro benzene ring substituents is 1. The zero-order valence-corrected chi connectivity index (χ0v) is 18.0. The molecule has 9 heteroatoms. The molecule has 0 aliphatic rings. The van der Waals surface area contributed by atoms with E-state index in [1.165, 1.54) is 28.7 Å². The van der Waals surface area contributed by atoms with E-state index in [9.17, 15) is 15.2 Å². The van der Waals surface area contributed by atoms with Gasteiger partial charge in [-0.3, -0.25) is 10.1 Å². The summed E-state index contributed by atoms with van der Waals surface area (Å²) in [6.45, 7) is 0. The third-order valence-electron chi connectivity index (χ3n) is 4.63. The normalized spacial score (nSPS) is 11.1. The zero-order chi connectivity index (χ0) is 21.5. The standard InChI is InChI=1S/C22H12ClN3O3S2/c23-13-9-12(20(27)17(11-13)26(28)29)10-14(21-24-15-5-1-3-7-18(15)30-21)22-25-16-6-2-4-8-19(16)31-22/h1-11,27H. The highest BCUT2D eigenvalue weighted by atomic mass is 35.5. The summed E-state index contributed by atoms with van der Waals surface area (Å²) < 4.78 is 2.01. The summed E-state index contributed by atoms with van der Waals surface area (Å²) in [6.07, 6.45) is 1.66. The molecule has 0 bridgehead atoms. The summed E-state index contributed by atoms with van der Waals surface area (Å²) >= 11 is 9.08. The molecule has 0 unspecified atom stereocenters. The van der Waals surface area contributed by atoms with Gasteiger partial charge in [0.1, 0.15) is 10.0 Å². The maximum atomic E-state index is 11.3. The number of hydrogen-bond acceptors (Lipinski definition) is 7. The Bertz CT molecular complexity index is 1360. The third kappa shape index (κ3) is 3.65. The number of phenolic OH excluding ortho intramolecular Hbond substituents is 1. The third-order valence-corrected chi connectivity index (χ3v) is 6.99. The van der Waals surface area contributed by atoms with Crippen LogP contribution >= 0.6 is 34.3 Å². The number of fused-ring (bicyclic) bond motifs is 2. The number of thiazole rings is 2. The molecular formula is C22H12ClN3O3S2. The number of aromatic hydroxyl groups is 1. The van der Waals surface area contributed by atoms with Crippen LogP contribution < -0.4 is 0 Å². The first kappa shape index (κ1) is 19.6. The van der Waals surface area contributed by atoms with Crippen LogP contribution in [0.25, 0.3) is 32.1 Å². The van der Waals surface area contributed by atoms with Crippen LogP contribution in [0, 0.1) is 10.1 Å². The fourth-order valence-corrected chi connectivity index (χ4v) is 5.45. The number of benzene rings is 3. The first-order chi connectivity index (χ1) is 15.0. The fraction of sp³-hybridized carbons (Fsp3) is 0. The van der Waals surface area contributed by atoms with Gasteiger partial charge < -0.3 is 5.11 Å². The van der Waals surface area contributed by atoms with Crippen LogP contribution in [0.15, 0.2) is 60.7 Å². The van der Waals surface area contributed by atoms with E-state index in [4.69, 9.17) is 21.6 Å². The van der Waals surface area contributed by atoms with Crippen molar-refractivity contribution in [3.63, 3.8) is 0 Å². The van der Waals surface area contributed by atoms with Crippen molar-refractivity contribution < 1.29 is 10.0 Å². The van der Waals surface area contributed by atoms with E-state index in [0.717, 1.165) is 26.5 Å². The van der Waals surface area contributed by atoms with Gasteiger partial charge in [0.15, 0.2) is 0 Å². The second-order valence-electron chi connectivity index (χ2n) is 6.65. The van der Waals surface area contributed by atoms with Gasteiger partial charge in [0.05, 0.1) is 25.4 Å². The van der Waals surface area contributed by atoms with Gasteiger partial charge in [-0.1, -0.05) is 35.9 Å². The van der Waals surface area contributed by atoms with Crippen LogP contribution in [0.4, 0.5) is 5.69 Å². The van der Waals surface area contributed by atoms with Gasteiger partial charge in [0.2, 0.25) is 5.75 Å². The van der Waals surface area contributed by atoms with Crippen molar-refractivity contribution in [2.45, 2.75) is 0 Å². The number of phenols is 1. The molecule has 0 saturated heterocycles. The summed E-state index contributed by atoms with van der Waals surface area (Å²) in [5.41, 5.74) is 2.13. The van der Waals surface area contributed by atoms with Crippen molar-refractivity contribution in [2.24, 2.45) is 0 Å². The van der Waals surface area contributed by atoms with Gasteiger partial charge in [-0.25, -0.2) is 9.97 Å². The molecule has 2 aromatic heterocycles. The molecule has 0 spiro atoms. The van der Waals surface area contributed by atoms with Gasteiger partial charge in [-0.05, 0) is 36.4 Å². The molecular weight excluding hydrogens is 454 g/mol. The summed E-state index contributed by atoms with van der Waals surface area (Å²) in [5, 5.41) is 23.4. The number of nitro groups is 1. The van der Waals surface area contributed by atoms with Crippen LogP contribution in [0.5, 0.6) is 5.75 Å². The number of rotatable bonds is 4. The molecule has 2 heterocycles. The topological polar surface area (TPSA) is 89.2 Å². The van der Waals surface area contributed by atoms with Crippen molar-refractivity contribution in [3.8, 4) is 5.75 Å². The Morgan fingerprint density at radius 1 is 0.968 bits per heavy atom. The Labute approximate surface area is 188 Å². The van der Waals surface area contributed by atoms with Gasteiger partial charge in [0.25, 0.3) is 0 Å². The molecule has 0 radical (unpaired) electrons. The maximum Gasteiger partial charge on any atom is 0.312 e. The van der Waals surface area contributed by atoms with E-state index in [1.807, 2.05) is 48.5 Å². The lowest BCUT2D eigenvalue weighted by Crippen LogP contribution is -1.92. The molecule has 0 aliphatic heterocycles. The van der Waals surface area contributed by atoms with Crippen LogP contribution in [0.1, 0.15) is 15.6 Å². The second kappa shape index (κ2) is 7.73. The molecule has 0 atom stereocenters. The highest BCUT2D eigenvalue weighted by molar-refractivity contribution is 7.22. The van der Waals surface area contributed by atoms with Crippen molar-refractivity contribution >= 4 is 72.0 Å². The molecule has 31 heavy (non-hydrogen) atoms. The minimum atomic E-state index is -0.659. The fourth-order valence-electron chi connectivity index (χ4n) is 3.20. The van der Waals surface area contributed by atoms with E-state index < -0.39 is 16.4 Å². The highest BCUT2D eigenvalue weighted by Gasteiger charge is 2.21. The molecule has 5 aromatic rings. The Kier molecular flexibility index (Phi) is 4.90. The number of aromatic nitrogens is 2. The molecule has 0 amide bonds. The SMILES string of the molecule is O=[N+]([O-])c1cc(Cl)cc(C=C(c2nc3ccccc3s2)c2nc3ccccc3s2)c1O. The Morgan fingerprint density at radius 2 is 1.52 bits per heavy atom. The predicted molar refractivity (Wildman–Crippen MR) is 126 cm³/mol. The number of halogens is 1. The lowest BCUT2D eigenvalue weighted by atomic mass is 10.1. The van der Waals surface area contributed by atoms with E-state index in [0.29, 0.717) is 15.6 Å². The van der Waals surface area contributed by atoms with Gasteiger partial charge in [-0.2, -0.15) is 0 Å². The van der Waals surface area contributed by atoms with E-state index in [1.54, 1.807) is 6.08 Å². The number of para-hydroxylation sites is 2. The molecule has 3 aromatic carbocycles. The smallest absolute Gasteiger partial charge is 0.312 e. The summed E-state index contributed by atoms with van der Waals surface area (Å²) in [5.74, 6) is -0.450. The first-order valence-corrected chi connectivity index (χ1v) is 11.1. The summed E-state index contributed by atoms with van der Waals surface area (Å²) in [4.78, 5) is 20.1. The monoisotopic (exact) mass is 465 g/mol. The van der Waals surface area contributed by atoms with Crippen LogP contribution in [-0.2, 0) is 0 Å². The predicted octanol–water partition coefficient (Wildman–Crippen LogP) is 6.76. The molecule has 5 rings (SSSR count). The minimum Gasteiger partial charge on any atom is -0.502 e. The van der Waals surface area contributed by atoms with E-state index >= 15 is 0 Å². The number of nitrogens with zero attached hydrogens (tertiary/aromatic N) is 3. The van der Waals surface area contributed by atoms with E-state index in [2.05, 4.69) is 0 Å². The van der Waals surface area contributed by atoms with Crippen LogP contribution in [0.3, 0.4) is 0 Å².